The number of benzene rings is 1. The monoisotopic (exact) mass is 258 g/mol. The molecule has 0 saturated carbocycles. The number of nitrogens with one attached hydrogen (secondary N) is 2. The largest absolute Gasteiger partial charge is 0.339 e. The van der Waals surface area contributed by atoms with Gasteiger partial charge in [-0.05, 0) is 17.6 Å². The van der Waals surface area contributed by atoms with Gasteiger partial charge in [0.25, 0.3) is 5.91 Å². The molecular formula is C15H18N2O2. The SMILES string of the molecule is CCC(C)[C@@H]1NC(=O)/C(=C\c2ccccc2)NC1=O. The number of hydrogen-bond acceptors (Lipinski definition) is 2. The lowest BCUT2D eigenvalue weighted by Crippen LogP contribution is -2.57. The zero-order valence-corrected chi connectivity index (χ0v) is 11.1. The van der Waals surface area contributed by atoms with Crippen molar-refractivity contribution in [1.29, 1.82) is 0 Å². The zero-order chi connectivity index (χ0) is 13.8. The van der Waals surface area contributed by atoms with Crippen LogP contribution in [0.3, 0.4) is 0 Å². The number of amides is 2. The number of rotatable bonds is 3. The maximum atomic E-state index is 12.0. The minimum absolute atomic E-state index is 0.127. The van der Waals surface area contributed by atoms with Gasteiger partial charge in [0, 0.05) is 0 Å². The van der Waals surface area contributed by atoms with Crippen molar-refractivity contribution < 1.29 is 9.59 Å². The number of piperazine rings is 1. The molecular weight excluding hydrogens is 240 g/mol. The van der Waals surface area contributed by atoms with Gasteiger partial charge in [0.15, 0.2) is 0 Å². The normalized spacial score (nSPS) is 22.8. The molecule has 1 aliphatic rings. The summed E-state index contributed by atoms with van der Waals surface area (Å²) in [6, 6.07) is 9.00. The van der Waals surface area contributed by atoms with Crippen LogP contribution in [0.5, 0.6) is 0 Å². The summed E-state index contributed by atoms with van der Waals surface area (Å²) in [6.45, 7) is 3.95. The Morgan fingerprint density at radius 3 is 2.58 bits per heavy atom. The molecule has 0 aliphatic carbocycles. The van der Waals surface area contributed by atoms with Crippen LogP contribution >= 0.6 is 0 Å². The molecule has 0 radical (unpaired) electrons. The van der Waals surface area contributed by atoms with Gasteiger partial charge in [-0.3, -0.25) is 9.59 Å². The van der Waals surface area contributed by atoms with E-state index >= 15 is 0 Å². The van der Waals surface area contributed by atoms with Crippen LogP contribution in [0.2, 0.25) is 0 Å². The Balaban J connectivity index is 2.17. The number of hydrogen-bond donors (Lipinski definition) is 2. The third-order valence-corrected chi connectivity index (χ3v) is 3.40. The topological polar surface area (TPSA) is 58.2 Å². The molecule has 2 amide bonds. The van der Waals surface area contributed by atoms with E-state index in [1.54, 1.807) is 6.08 Å². The molecule has 2 atom stereocenters. The maximum Gasteiger partial charge on any atom is 0.268 e. The van der Waals surface area contributed by atoms with Crippen LogP contribution in [0, 0.1) is 5.92 Å². The van der Waals surface area contributed by atoms with E-state index in [-0.39, 0.29) is 17.7 Å². The minimum Gasteiger partial charge on any atom is -0.339 e. The Kier molecular flexibility index (Phi) is 4.00. The molecule has 0 aromatic heterocycles. The van der Waals surface area contributed by atoms with E-state index in [2.05, 4.69) is 10.6 Å². The Hall–Kier alpha value is -2.10. The van der Waals surface area contributed by atoms with Gasteiger partial charge >= 0.3 is 0 Å². The molecule has 1 unspecified atom stereocenters. The van der Waals surface area contributed by atoms with Gasteiger partial charge in [0.1, 0.15) is 11.7 Å². The predicted octanol–water partition coefficient (Wildman–Crippen LogP) is 1.69. The summed E-state index contributed by atoms with van der Waals surface area (Å²) in [5, 5.41) is 5.46. The molecule has 1 heterocycles. The summed E-state index contributed by atoms with van der Waals surface area (Å²) in [5.41, 5.74) is 1.19. The second-order valence-corrected chi connectivity index (χ2v) is 4.79. The molecule has 4 nitrogen and oxygen atoms in total. The van der Waals surface area contributed by atoms with Crippen LogP contribution < -0.4 is 10.6 Å². The van der Waals surface area contributed by atoms with Crippen LogP contribution in [-0.2, 0) is 9.59 Å². The predicted molar refractivity (Wildman–Crippen MR) is 73.9 cm³/mol. The van der Waals surface area contributed by atoms with Crippen LogP contribution in [0.25, 0.3) is 6.08 Å². The van der Waals surface area contributed by atoms with Gasteiger partial charge in [0.05, 0.1) is 0 Å². The van der Waals surface area contributed by atoms with E-state index in [1.165, 1.54) is 0 Å². The summed E-state index contributed by atoms with van der Waals surface area (Å²) in [5.74, 6) is -0.243. The molecule has 0 bridgehead atoms. The van der Waals surface area contributed by atoms with E-state index in [0.717, 1.165) is 12.0 Å². The standard InChI is InChI=1S/C15H18N2O2/c1-3-10(2)13-15(19)16-12(14(18)17-13)9-11-7-5-4-6-8-11/h4-10,13H,3H2,1-2H3,(H,16,19)(H,17,18)/b12-9+/t10?,13-/m0/s1. The first-order valence-electron chi connectivity index (χ1n) is 6.50. The highest BCUT2D eigenvalue weighted by atomic mass is 16.2. The third-order valence-electron chi connectivity index (χ3n) is 3.40. The summed E-state index contributed by atoms with van der Waals surface area (Å²) in [6.07, 6.45) is 2.52. The highest BCUT2D eigenvalue weighted by molar-refractivity contribution is 6.07. The molecule has 1 aliphatic heterocycles. The minimum atomic E-state index is -0.439. The van der Waals surface area contributed by atoms with Crippen molar-refractivity contribution in [2.24, 2.45) is 5.92 Å². The smallest absolute Gasteiger partial charge is 0.268 e. The highest BCUT2D eigenvalue weighted by Gasteiger charge is 2.32. The fourth-order valence-electron chi connectivity index (χ4n) is 2.01. The van der Waals surface area contributed by atoms with Crippen molar-refractivity contribution in [3.8, 4) is 0 Å². The molecule has 1 aromatic rings. The Morgan fingerprint density at radius 2 is 1.95 bits per heavy atom. The molecule has 100 valence electrons. The molecule has 0 spiro atoms. The molecule has 4 heteroatoms. The van der Waals surface area contributed by atoms with Crippen molar-refractivity contribution in [1.82, 2.24) is 10.6 Å². The molecule has 19 heavy (non-hydrogen) atoms. The first-order chi connectivity index (χ1) is 9.11. The highest BCUT2D eigenvalue weighted by Crippen LogP contribution is 2.14. The number of carbonyl (C=O) groups excluding carboxylic acids is 2. The lowest BCUT2D eigenvalue weighted by molar-refractivity contribution is -0.132. The van der Waals surface area contributed by atoms with Gasteiger partial charge in [-0.15, -0.1) is 0 Å². The second kappa shape index (κ2) is 5.69. The van der Waals surface area contributed by atoms with Crippen LogP contribution in [0.1, 0.15) is 25.8 Å². The van der Waals surface area contributed by atoms with E-state index in [0.29, 0.717) is 5.70 Å². The lowest BCUT2D eigenvalue weighted by Gasteiger charge is -2.28. The Bertz CT molecular complexity index is 508. The third kappa shape index (κ3) is 3.02. The number of carbonyl (C=O) groups is 2. The fraction of sp³-hybridized carbons (Fsp3) is 0.333. The summed E-state index contributed by atoms with van der Waals surface area (Å²) in [4.78, 5) is 24.0. The van der Waals surface area contributed by atoms with E-state index in [9.17, 15) is 9.59 Å². The van der Waals surface area contributed by atoms with E-state index < -0.39 is 6.04 Å². The van der Waals surface area contributed by atoms with Gasteiger partial charge in [-0.2, -0.15) is 0 Å². The first-order valence-corrected chi connectivity index (χ1v) is 6.50. The molecule has 1 aromatic carbocycles. The van der Waals surface area contributed by atoms with Crippen LogP contribution in [-0.4, -0.2) is 17.9 Å². The van der Waals surface area contributed by atoms with Gasteiger partial charge in [-0.1, -0.05) is 50.6 Å². The Labute approximate surface area is 112 Å². The van der Waals surface area contributed by atoms with Crippen molar-refractivity contribution in [2.45, 2.75) is 26.3 Å². The van der Waals surface area contributed by atoms with Gasteiger partial charge in [0.2, 0.25) is 5.91 Å². The van der Waals surface area contributed by atoms with E-state index in [1.807, 2.05) is 44.2 Å². The van der Waals surface area contributed by atoms with E-state index in [4.69, 9.17) is 0 Å². The van der Waals surface area contributed by atoms with Crippen molar-refractivity contribution >= 4 is 17.9 Å². The molecule has 2 N–H and O–H groups in total. The average molecular weight is 258 g/mol. The molecule has 1 saturated heterocycles. The molecule has 2 rings (SSSR count). The van der Waals surface area contributed by atoms with Crippen LogP contribution in [0.4, 0.5) is 0 Å². The molecule has 1 fully saturated rings. The van der Waals surface area contributed by atoms with Crippen molar-refractivity contribution in [3.63, 3.8) is 0 Å². The van der Waals surface area contributed by atoms with Crippen molar-refractivity contribution in [3.05, 3.63) is 41.6 Å². The summed E-state index contributed by atoms with van der Waals surface area (Å²) >= 11 is 0. The van der Waals surface area contributed by atoms with Gasteiger partial charge < -0.3 is 10.6 Å². The zero-order valence-electron chi connectivity index (χ0n) is 11.1. The second-order valence-electron chi connectivity index (χ2n) is 4.79. The van der Waals surface area contributed by atoms with Crippen LogP contribution in [0.15, 0.2) is 36.0 Å². The summed E-state index contributed by atoms with van der Waals surface area (Å²) < 4.78 is 0. The average Bonchev–Trinajstić information content (AvgIpc) is 2.43. The lowest BCUT2D eigenvalue weighted by atomic mass is 9.96. The van der Waals surface area contributed by atoms with Gasteiger partial charge in [-0.25, -0.2) is 0 Å². The first kappa shape index (κ1) is 13.3. The maximum absolute atomic E-state index is 12.0. The quantitative estimate of drug-likeness (QED) is 0.811. The summed E-state index contributed by atoms with van der Waals surface area (Å²) in [7, 11) is 0. The fourth-order valence-corrected chi connectivity index (χ4v) is 2.01. The van der Waals surface area contributed by atoms with Crippen molar-refractivity contribution in [2.75, 3.05) is 0 Å². The Morgan fingerprint density at radius 1 is 1.26 bits per heavy atom.